The fourth-order valence-electron chi connectivity index (χ4n) is 2.44. The molecule has 4 nitrogen and oxygen atoms in total. The Balaban J connectivity index is 2.33. The molecule has 7 heteroatoms. The third-order valence-corrected chi connectivity index (χ3v) is 3.62. The van der Waals surface area contributed by atoms with Crippen molar-refractivity contribution in [1.29, 1.82) is 0 Å². The number of fused-ring (bicyclic) bond motifs is 1. The van der Waals surface area contributed by atoms with Gasteiger partial charge in [0.15, 0.2) is 11.6 Å². The predicted octanol–water partition coefficient (Wildman–Crippen LogP) is 2.74. The summed E-state index contributed by atoms with van der Waals surface area (Å²) in [5, 5.41) is -0.177. The van der Waals surface area contributed by atoms with E-state index in [2.05, 4.69) is 0 Å². The maximum absolute atomic E-state index is 14.1. The number of alkyl halides is 1. The zero-order chi connectivity index (χ0) is 16.0. The van der Waals surface area contributed by atoms with Gasteiger partial charge in [-0.25, -0.2) is 18.0 Å². The molecular weight excluding hydrogens is 299 g/mol. The minimum atomic E-state index is -1.23. The highest BCUT2D eigenvalue weighted by Crippen LogP contribution is 2.41. The molecule has 1 aromatic carbocycles. The van der Waals surface area contributed by atoms with Crippen LogP contribution < -0.4 is 5.43 Å². The van der Waals surface area contributed by atoms with Gasteiger partial charge in [0.1, 0.15) is 11.7 Å². The first-order chi connectivity index (χ1) is 10.5. The summed E-state index contributed by atoms with van der Waals surface area (Å²) in [5.41, 5.74) is -1.41. The van der Waals surface area contributed by atoms with Gasteiger partial charge in [-0.1, -0.05) is 0 Å². The summed E-state index contributed by atoms with van der Waals surface area (Å²) < 4.78 is 46.8. The normalized spacial score (nSPS) is 20.2. The molecular formula is C15H12F3NO3. The second-order valence-corrected chi connectivity index (χ2v) is 5.08. The van der Waals surface area contributed by atoms with E-state index < -0.39 is 35.2 Å². The quantitative estimate of drug-likeness (QED) is 0.819. The van der Waals surface area contributed by atoms with Crippen molar-refractivity contribution < 1.29 is 22.7 Å². The van der Waals surface area contributed by atoms with Crippen molar-refractivity contribution in [3.05, 3.63) is 45.8 Å². The van der Waals surface area contributed by atoms with Crippen LogP contribution in [0.4, 0.5) is 13.2 Å². The lowest BCUT2D eigenvalue weighted by Gasteiger charge is -2.13. The van der Waals surface area contributed by atoms with Crippen LogP contribution in [-0.4, -0.2) is 23.3 Å². The summed E-state index contributed by atoms with van der Waals surface area (Å²) in [6.45, 7) is 1.63. The zero-order valence-corrected chi connectivity index (χ0v) is 11.6. The summed E-state index contributed by atoms with van der Waals surface area (Å²) in [6, 6.07) is 1.18. The Kier molecular flexibility index (Phi) is 3.42. The summed E-state index contributed by atoms with van der Waals surface area (Å²) >= 11 is 0. The number of aromatic nitrogens is 1. The Morgan fingerprint density at radius 3 is 2.68 bits per heavy atom. The van der Waals surface area contributed by atoms with Gasteiger partial charge in [-0.05, 0) is 19.1 Å². The molecule has 2 atom stereocenters. The topological polar surface area (TPSA) is 48.3 Å². The van der Waals surface area contributed by atoms with Crippen LogP contribution in [0.15, 0.2) is 23.1 Å². The largest absolute Gasteiger partial charge is 0.462 e. The molecule has 0 bridgehead atoms. The first kappa shape index (κ1) is 14.6. The van der Waals surface area contributed by atoms with Crippen LogP contribution in [0.5, 0.6) is 0 Å². The van der Waals surface area contributed by atoms with E-state index in [4.69, 9.17) is 4.74 Å². The number of nitrogens with zero attached hydrogens (tertiary/aromatic N) is 1. The standard InChI is InChI=1S/C15H12F3NO3/c1-2-22-15(21)8-6-19(11-5-10(11)17)13-7(14(8)20)3-4-9(16)12(13)18/h3-4,6,10-11H,2,5H2,1H3/t10-,11+/m0/s1. The molecule has 116 valence electrons. The molecule has 2 aromatic rings. The van der Waals surface area contributed by atoms with Gasteiger partial charge in [0, 0.05) is 18.0 Å². The van der Waals surface area contributed by atoms with E-state index in [-0.39, 0.29) is 29.5 Å². The SMILES string of the molecule is CCOC(=O)c1cn([C@@H]2C[C@@H]2F)c2c(F)c(F)ccc2c1=O. The van der Waals surface area contributed by atoms with Gasteiger partial charge in [-0.3, -0.25) is 4.79 Å². The van der Waals surface area contributed by atoms with Crippen molar-refractivity contribution in [2.24, 2.45) is 0 Å². The van der Waals surface area contributed by atoms with Crippen molar-refractivity contribution in [2.45, 2.75) is 25.6 Å². The van der Waals surface area contributed by atoms with Crippen LogP contribution in [0, 0.1) is 11.6 Å². The lowest BCUT2D eigenvalue weighted by atomic mass is 10.1. The molecule has 3 rings (SSSR count). The number of hydrogen-bond donors (Lipinski definition) is 0. The molecule has 0 amide bonds. The molecule has 1 heterocycles. The van der Waals surface area contributed by atoms with E-state index in [0.717, 1.165) is 22.9 Å². The molecule has 1 aliphatic carbocycles. The Labute approximate surface area is 123 Å². The number of rotatable bonds is 3. The number of benzene rings is 1. The molecule has 0 saturated heterocycles. The Morgan fingerprint density at radius 2 is 2.09 bits per heavy atom. The molecule has 0 N–H and O–H groups in total. The number of esters is 1. The van der Waals surface area contributed by atoms with Gasteiger partial charge in [-0.2, -0.15) is 0 Å². The van der Waals surface area contributed by atoms with Gasteiger partial charge in [0.2, 0.25) is 5.43 Å². The lowest BCUT2D eigenvalue weighted by molar-refractivity contribution is 0.0524. The van der Waals surface area contributed by atoms with E-state index >= 15 is 0 Å². The Bertz CT molecular complexity index is 831. The van der Waals surface area contributed by atoms with Gasteiger partial charge >= 0.3 is 5.97 Å². The number of carbonyl (C=O) groups excluding carboxylic acids is 1. The maximum atomic E-state index is 14.1. The van der Waals surface area contributed by atoms with Crippen molar-refractivity contribution in [3.8, 4) is 0 Å². The molecule has 0 spiro atoms. The number of halogens is 3. The summed E-state index contributed by atoms with van der Waals surface area (Å²) in [7, 11) is 0. The monoisotopic (exact) mass is 311 g/mol. The first-order valence-corrected chi connectivity index (χ1v) is 6.79. The van der Waals surface area contributed by atoms with Crippen LogP contribution in [0.1, 0.15) is 29.7 Å². The van der Waals surface area contributed by atoms with Crippen LogP contribution in [-0.2, 0) is 4.74 Å². The van der Waals surface area contributed by atoms with E-state index in [0.29, 0.717) is 0 Å². The highest BCUT2D eigenvalue weighted by Gasteiger charge is 2.40. The Morgan fingerprint density at radius 1 is 1.41 bits per heavy atom. The highest BCUT2D eigenvalue weighted by atomic mass is 19.2. The molecule has 1 aromatic heterocycles. The second kappa shape index (κ2) is 5.15. The van der Waals surface area contributed by atoms with E-state index in [1.54, 1.807) is 6.92 Å². The average Bonchev–Trinajstić information content (AvgIpc) is 3.20. The van der Waals surface area contributed by atoms with Crippen molar-refractivity contribution >= 4 is 16.9 Å². The minimum absolute atomic E-state index is 0.0588. The van der Waals surface area contributed by atoms with Crippen molar-refractivity contribution in [1.82, 2.24) is 4.57 Å². The average molecular weight is 311 g/mol. The summed E-state index contributed by atoms with van der Waals surface area (Å²) in [5.74, 6) is -3.24. The Hall–Kier alpha value is -2.31. The van der Waals surface area contributed by atoms with E-state index in [9.17, 15) is 22.8 Å². The lowest BCUT2D eigenvalue weighted by Crippen LogP contribution is -2.21. The smallest absolute Gasteiger partial charge is 0.343 e. The third kappa shape index (κ3) is 2.17. The van der Waals surface area contributed by atoms with E-state index in [1.807, 2.05) is 0 Å². The number of ether oxygens (including phenoxy) is 1. The zero-order valence-electron chi connectivity index (χ0n) is 11.6. The molecule has 0 unspecified atom stereocenters. The third-order valence-electron chi connectivity index (χ3n) is 3.62. The maximum Gasteiger partial charge on any atom is 0.343 e. The number of hydrogen-bond acceptors (Lipinski definition) is 3. The van der Waals surface area contributed by atoms with E-state index in [1.165, 1.54) is 0 Å². The molecule has 1 saturated carbocycles. The fraction of sp³-hybridized carbons (Fsp3) is 0.333. The summed E-state index contributed by atoms with van der Waals surface area (Å²) in [4.78, 5) is 24.1. The van der Waals surface area contributed by atoms with Crippen molar-refractivity contribution in [2.75, 3.05) is 6.61 Å². The first-order valence-electron chi connectivity index (χ1n) is 6.79. The fourth-order valence-corrected chi connectivity index (χ4v) is 2.44. The number of pyridine rings is 1. The molecule has 22 heavy (non-hydrogen) atoms. The second-order valence-electron chi connectivity index (χ2n) is 5.08. The van der Waals surface area contributed by atoms with Crippen molar-refractivity contribution in [3.63, 3.8) is 0 Å². The van der Waals surface area contributed by atoms with Crippen LogP contribution in [0.25, 0.3) is 10.9 Å². The molecule has 0 aliphatic heterocycles. The van der Waals surface area contributed by atoms with Crippen LogP contribution in [0.2, 0.25) is 0 Å². The molecule has 1 fully saturated rings. The summed E-state index contributed by atoms with van der Waals surface area (Å²) in [6.07, 6.45) is -0.0468. The van der Waals surface area contributed by atoms with Gasteiger partial charge in [-0.15, -0.1) is 0 Å². The van der Waals surface area contributed by atoms with Crippen LogP contribution in [0.3, 0.4) is 0 Å². The molecule has 0 radical (unpaired) electrons. The highest BCUT2D eigenvalue weighted by molar-refractivity contribution is 5.94. The van der Waals surface area contributed by atoms with Crippen LogP contribution >= 0.6 is 0 Å². The van der Waals surface area contributed by atoms with Gasteiger partial charge in [0.05, 0.1) is 18.2 Å². The molecule has 1 aliphatic rings. The van der Waals surface area contributed by atoms with Gasteiger partial charge < -0.3 is 9.30 Å². The number of carbonyl (C=O) groups is 1. The minimum Gasteiger partial charge on any atom is -0.462 e. The van der Waals surface area contributed by atoms with Gasteiger partial charge in [0.25, 0.3) is 0 Å². The predicted molar refractivity (Wildman–Crippen MR) is 72.6 cm³/mol.